The van der Waals surface area contributed by atoms with Crippen molar-refractivity contribution in [2.24, 2.45) is 11.0 Å². The Balaban J connectivity index is 1.54. The number of nitrogens with zero attached hydrogens (tertiary/aromatic N) is 1. The summed E-state index contributed by atoms with van der Waals surface area (Å²) in [6.07, 6.45) is 5.59. The molecule has 32 heavy (non-hydrogen) atoms. The second kappa shape index (κ2) is 11.1. The van der Waals surface area contributed by atoms with Crippen molar-refractivity contribution in [2.75, 3.05) is 6.61 Å². The number of halogens is 2. The number of nitrogens with one attached hydrogen (secondary N) is 2. The number of rotatable bonds is 8. The Bertz CT molecular complexity index is 990. The maximum atomic E-state index is 13.8. The lowest BCUT2D eigenvalue weighted by Gasteiger charge is -2.21. The Morgan fingerprint density at radius 1 is 1.19 bits per heavy atom. The molecule has 2 aromatic carbocycles. The molecule has 1 aliphatic rings. The lowest BCUT2D eigenvalue weighted by atomic mass is 9.92. The summed E-state index contributed by atoms with van der Waals surface area (Å²) >= 11 is 5.94. The van der Waals surface area contributed by atoms with Crippen LogP contribution in [0.3, 0.4) is 0 Å². The zero-order valence-corrected chi connectivity index (χ0v) is 18.9. The summed E-state index contributed by atoms with van der Waals surface area (Å²) in [4.78, 5) is 24.9. The number of carbonyl (C=O) groups is 2. The molecular formula is C24H27ClFN3O3. The summed E-state index contributed by atoms with van der Waals surface area (Å²) in [6, 6.07) is 9.31. The molecule has 2 amide bonds. The van der Waals surface area contributed by atoms with E-state index in [9.17, 15) is 14.0 Å². The first-order valence-electron chi connectivity index (χ1n) is 10.7. The number of ether oxygens (including phenoxy) is 1. The number of hydrogen-bond acceptors (Lipinski definition) is 4. The predicted molar refractivity (Wildman–Crippen MR) is 122 cm³/mol. The van der Waals surface area contributed by atoms with E-state index in [-0.39, 0.29) is 23.1 Å². The third-order valence-corrected chi connectivity index (χ3v) is 5.65. The molecule has 1 aliphatic carbocycles. The monoisotopic (exact) mass is 459 g/mol. The van der Waals surface area contributed by atoms with Crippen LogP contribution in [0.4, 0.5) is 4.39 Å². The van der Waals surface area contributed by atoms with Crippen molar-refractivity contribution >= 4 is 29.6 Å². The van der Waals surface area contributed by atoms with Crippen molar-refractivity contribution in [1.82, 2.24) is 10.7 Å². The molecule has 0 saturated heterocycles. The minimum atomic E-state index is -0.831. The minimum absolute atomic E-state index is 0.0676. The molecule has 0 bridgehead atoms. The molecule has 3 rings (SSSR count). The highest BCUT2D eigenvalue weighted by Gasteiger charge is 2.24. The van der Waals surface area contributed by atoms with Gasteiger partial charge in [-0.1, -0.05) is 37.6 Å². The third kappa shape index (κ3) is 6.29. The van der Waals surface area contributed by atoms with Gasteiger partial charge in [0.05, 0.1) is 11.2 Å². The Morgan fingerprint density at radius 3 is 2.66 bits per heavy atom. The van der Waals surface area contributed by atoms with E-state index in [1.165, 1.54) is 35.7 Å². The quantitative estimate of drug-likeness (QED) is 0.462. The van der Waals surface area contributed by atoms with Crippen LogP contribution in [0.15, 0.2) is 41.5 Å². The van der Waals surface area contributed by atoms with Gasteiger partial charge in [-0.3, -0.25) is 9.59 Å². The zero-order chi connectivity index (χ0) is 23.1. The number of hydrogen-bond donors (Lipinski definition) is 2. The molecule has 0 aliphatic heterocycles. The van der Waals surface area contributed by atoms with Crippen LogP contribution in [0.1, 0.15) is 43.4 Å². The molecular weight excluding hydrogens is 433 g/mol. The van der Waals surface area contributed by atoms with Gasteiger partial charge in [0.2, 0.25) is 0 Å². The van der Waals surface area contributed by atoms with Crippen LogP contribution in [0.5, 0.6) is 5.75 Å². The fraction of sp³-hybridized carbons (Fsp3) is 0.375. The van der Waals surface area contributed by atoms with Gasteiger partial charge in [0.25, 0.3) is 11.8 Å². The maximum Gasteiger partial charge on any atom is 0.262 e. The maximum absolute atomic E-state index is 13.8. The van der Waals surface area contributed by atoms with Crippen molar-refractivity contribution in [1.29, 1.82) is 0 Å². The first-order chi connectivity index (χ1) is 15.3. The number of carbonyl (C=O) groups excluding carboxylic acids is 2. The highest BCUT2D eigenvalue weighted by atomic mass is 35.5. The third-order valence-electron chi connectivity index (χ3n) is 5.32. The highest BCUT2D eigenvalue weighted by Crippen LogP contribution is 2.25. The fourth-order valence-corrected chi connectivity index (χ4v) is 3.77. The minimum Gasteiger partial charge on any atom is -0.484 e. The lowest BCUT2D eigenvalue weighted by molar-refractivity contribution is -0.131. The van der Waals surface area contributed by atoms with E-state index in [4.69, 9.17) is 16.3 Å². The SMILES string of the molecule is CC(C)C(NC(=O)COc1ccc2c(c1)CCCC2)C(=O)NN=Cc1c(F)cccc1Cl. The number of amides is 2. The fourth-order valence-electron chi connectivity index (χ4n) is 3.56. The zero-order valence-electron chi connectivity index (χ0n) is 18.2. The van der Waals surface area contributed by atoms with E-state index in [2.05, 4.69) is 15.8 Å². The number of benzene rings is 2. The summed E-state index contributed by atoms with van der Waals surface area (Å²) in [6.45, 7) is 3.39. The van der Waals surface area contributed by atoms with Crippen LogP contribution in [0.25, 0.3) is 0 Å². The molecule has 2 aromatic rings. The topological polar surface area (TPSA) is 79.8 Å². The van der Waals surface area contributed by atoms with Crippen LogP contribution in [-0.4, -0.2) is 30.7 Å². The van der Waals surface area contributed by atoms with E-state index < -0.39 is 23.7 Å². The van der Waals surface area contributed by atoms with Crippen LogP contribution in [0, 0.1) is 11.7 Å². The molecule has 1 atom stereocenters. The molecule has 6 nitrogen and oxygen atoms in total. The van der Waals surface area contributed by atoms with Crippen molar-refractivity contribution in [3.8, 4) is 5.75 Å². The van der Waals surface area contributed by atoms with Gasteiger partial charge in [0, 0.05) is 5.56 Å². The van der Waals surface area contributed by atoms with E-state index in [1.807, 2.05) is 18.2 Å². The van der Waals surface area contributed by atoms with Gasteiger partial charge in [0.15, 0.2) is 6.61 Å². The molecule has 8 heteroatoms. The summed E-state index contributed by atoms with van der Waals surface area (Å²) in [7, 11) is 0. The van der Waals surface area contributed by atoms with E-state index in [0.29, 0.717) is 5.75 Å². The first kappa shape index (κ1) is 23.7. The Labute approximate surface area is 192 Å². The molecule has 1 unspecified atom stereocenters. The van der Waals surface area contributed by atoms with E-state index in [0.717, 1.165) is 25.5 Å². The van der Waals surface area contributed by atoms with Crippen molar-refractivity contribution < 1.29 is 18.7 Å². The summed E-state index contributed by atoms with van der Waals surface area (Å²) < 4.78 is 19.4. The Kier molecular flexibility index (Phi) is 8.22. The van der Waals surface area contributed by atoms with Gasteiger partial charge in [-0.05, 0) is 67.0 Å². The van der Waals surface area contributed by atoms with Gasteiger partial charge < -0.3 is 10.1 Å². The van der Waals surface area contributed by atoms with Crippen LogP contribution in [0.2, 0.25) is 5.02 Å². The van der Waals surface area contributed by atoms with E-state index >= 15 is 0 Å². The van der Waals surface area contributed by atoms with Crippen molar-refractivity contribution in [3.63, 3.8) is 0 Å². The highest BCUT2D eigenvalue weighted by molar-refractivity contribution is 6.33. The second-order valence-corrected chi connectivity index (χ2v) is 8.49. The number of fused-ring (bicyclic) bond motifs is 1. The van der Waals surface area contributed by atoms with E-state index in [1.54, 1.807) is 13.8 Å². The summed E-state index contributed by atoms with van der Waals surface area (Å²) in [5.74, 6) is -1.06. The van der Waals surface area contributed by atoms with Crippen molar-refractivity contribution in [3.05, 3.63) is 63.9 Å². The van der Waals surface area contributed by atoms with Gasteiger partial charge in [-0.25, -0.2) is 9.82 Å². The molecule has 170 valence electrons. The second-order valence-electron chi connectivity index (χ2n) is 8.09. The largest absolute Gasteiger partial charge is 0.484 e. The molecule has 0 aromatic heterocycles. The van der Waals surface area contributed by atoms with Gasteiger partial charge in [0.1, 0.15) is 17.6 Å². The van der Waals surface area contributed by atoms with Gasteiger partial charge in [-0.2, -0.15) is 5.10 Å². The lowest BCUT2D eigenvalue weighted by Crippen LogP contribution is -2.49. The number of hydrazone groups is 1. The van der Waals surface area contributed by atoms with Crippen LogP contribution < -0.4 is 15.5 Å². The van der Waals surface area contributed by atoms with Crippen LogP contribution in [-0.2, 0) is 22.4 Å². The Morgan fingerprint density at radius 2 is 1.94 bits per heavy atom. The smallest absolute Gasteiger partial charge is 0.262 e. The average Bonchev–Trinajstić information content (AvgIpc) is 2.77. The number of aryl methyl sites for hydroxylation is 2. The van der Waals surface area contributed by atoms with Crippen LogP contribution >= 0.6 is 11.6 Å². The van der Waals surface area contributed by atoms with Crippen molar-refractivity contribution in [2.45, 2.75) is 45.6 Å². The van der Waals surface area contributed by atoms with Gasteiger partial charge in [-0.15, -0.1) is 0 Å². The molecule has 2 N–H and O–H groups in total. The average molecular weight is 460 g/mol. The predicted octanol–water partition coefficient (Wildman–Crippen LogP) is 4.03. The molecule has 0 saturated carbocycles. The molecule has 0 fully saturated rings. The molecule has 0 radical (unpaired) electrons. The molecule has 0 spiro atoms. The normalized spacial score (nSPS) is 14.2. The summed E-state index contributed by atoms with van der Waals surface area (Å²) in [5, 5.41) is 6.62. The summed E-state index contributed by atoms with van der Waals surface area (Å²) in [5.41, 5.74) is 5.00. The molecule has 0 heterocycles. The standard InChI is InChI=1S/C24H27ClFN3O3/c1-15(2)23(24(31)29-27-13-19-20(25)8-5-9-21(19)26)28-22(30)14-32-18-11-10-16-6-3-4-7-17(16)12-18/h5,8-13,15,23H,3-4,6-7,14H2,1-2H3,(H,28,30)(H,29,31). The first-order valence-corrected chi connectivity index (χ1v) is 11.0. The Hall–Kier alpha value is -2.93. The van der Waals surface area contributed by atoms with Gasteiger partial charge >= 0.3 is 0 Å².